The van der Waals surface area contributed by atoms with E-state index in [2.05, 4.69) is 17.2 Å². The Morgan fingerprint density at radius 1 is 1.08 bits per heavy atom. The van der Waals surface area contributed by atoms with Crippen molar-refractivity contribution in [2.75, 3.05) is 13.2 Å². The SMILES string of the molecule is O=C(NCC#CCOc1cccc2ccccc12)c1ccc(F)cc1Cl. The van der Waals surface area contributed by atoms with Gasteiger partial charge in [-0.15, -0.1) is 0 Å². The summed E-state index contributed by atoms with van der Waals surface area (Å²) in [6, 6.07) is 17.4. The predicted octanol–water partition coefficient (Wildman–Crippen LogP) is 4.44. The van der Waals surface area contributed by atoms with Crippen molar-refractivity contribution in [3.63, 3.8) is 0 Å². The molecule has 3 nitrogen and oxygen atoms in total. The molecule has 0 aliphatic carbocycles. The molecule has 26 heavy (non-hydrogen) atoms. The summed E-state index contributed by atoms with van der Waals surface area (Å²) in [6.45, 7) is 0.354. The van der Waals surface area contributed by atoms with Gasteiger partial charge >= 0.3 is 0 Å². The minimum absolute atomic E-state index is 0.0646. The molecule has 0 heterocycles. The van der Waals surface area contributed by atoms with Crippen LogP contribution in [-0.2, 0) is 0 Å². The molecule has 0 atom stereocenters. The van der Waals surface area contributed by atoms with Crippen LogP contribution in [0.2, 0.25) is 5.02 Å². The van der Waals surface area contributed by atoms with Gasteiger partial charge in [-0.2, -0.15) is 0 Å². The van der Waals surface area contributed by atoms with Gasteiger partial charge in [0.25, 0.3) is 5.91 Å². The summed E-state index contributed by atoms with van der Waals surface area (Å²) < 4.78 is 18.7. The molecule has 0 radical (unpaired) electrons. The summed E-state index contributed by atoms with van der Waals surface area (Å²) in [6.07, 6.45) is 0. The molecule has 130 valence electrons. The zero-order valence-electron chi connectivity index (χ0n) is 13.8. The number of fused-ring (bicyclic) bond motifs is 1. The van der Waals surface area contributed by atoms with Gasteiger partial charge in [0.1, 0.15) is 18.2 Å². The quantitative estimate of drug-likeness (QED) is 0.692. The second-order valence-electron chi connectivity index (χ2n) is 5.43. The van der Waals surface area contributed by atoms with Crippen LogP contribution in [0.15, 0.2) is 60.7 Å². The molecule has 0 saturated heterocycles. The number of halogens is 2. The highest BCUT2D eigenvalue weighted by Gasteiger charge is 2.09. The van der Waals surface area contributed by atoms with Crippen LogP contribution in [0.4, 0.5) is 4.39 Å². The maximum Gasteiger partial charge on any atom is 0.253 e. The van der Waals surface area contributed by atoms with Gasteiger partial charge in [-0.05, 0) is 29.7 Å². The molecule has 0 spiro atoms. The molecule has 1 N–H and O–H groups in total. The lowest BCUT2D eigenvalue weighted by atomic mass is 10.1. The third-order valence-corrected chi connectivity index (χ3v) is 4.00. The van der Waals surface area contributed by atoms with Crippen LogP contribution in [0.1, 0.15) is 10.4 Å². The Kier molecular flexibility index (Phi) is 5.73. The smallest absolute Gasteiger partial charge is 0.253 e. The Labute approximate surface area is 155 Å². The van der Waals surface area contributed by atoms with E-state index in [-0.39, 0.29) is 23.7 Å². The van der Waals surface area contributed by atoms with Crippen molar-refractivity contribution in [3.05, 3.63) is 77.1 Å². The number of rotatable bonds is 4. The second-order valence-corrected chi connectivity index (χ2v) is 5.83. The van der Waals surface area contributed by atoms with Gasteiger partial charge in [0.2, 0.25) is 0 Å². The lowest BCUT2D eigenvalue weighted by molar-refractivity contribution is 0.0959. The molecule has 1 amide bonds. The molecule has 0 aliphatic rings. The highest BCUT2D eigenvalue weighted by Crippen LogP contribution is 2.24. The van der Waals surface area contributed by atoms with Crippen LogP contribution in [-0.4, -0.2) is 19.1 Å². The first-order valence-electron chi connectivity index (χ1n) is 7.94. The van der Waals surface area contributed by atoms with E-state index in [0.717, 1.165) is 22.6 Å². The molecule has 3 rings (SSSR count). The molecule has 5 heteroatoms. The van der Waals surface area contributed by atoms with Crippen LogP contribution in [0.5, 0.6) is 5.75 Å². The summed E-state index contributed by atoms with van der Waals surface area (Å²) in [7, 11) is 0. The fourth-order valence-corrected chi connectivity index (χ4v) is 2.70. The summed E-state index contributed by atoms with van der Waals surface area (Å²) in [4.78, 5) is 12.0. The van der Waals surface area contributed by atoms with Gasteiger partial charge in [0, 0.05) is 5.39 Å². The number of benzene rings is 3. The number of hydrogen-bond acceptors (Lipinski definition) is 2. The van der Waals surface area contributed by atoms with Crippen LogP contribution in [0.3, 0.4) is 0 Å². The number of nitrogens with one attached hydrogen (secondary N) is 1. The maximum absolute atomic E-state index is 13.0. The van der Waals surface area contributed by atoms with E-state index in [1.165, 1.54) is 12.1 Å². The molecule has 0 aromatic heterocycles. The van der Waals surface area contributed by atoms with Crippen molar-refractivity contribution < 1.29 is 13.9 Å². The first kappa shape index (κ1) is 17.8. The molecule has 3 aromatic rings. The summed E-state index contributed by atoms with van der Waals surface area (Å²) >= 11 is 5.85. The van der Waals surface area contributed by atoms with E-state index in [0.29, 0.717) is 0 Å². The minimum Gasteiger partial charge on any atom is -0.480 e. The van der Waals surface area contributed by atoms with E-state index >= 15 is 0 Å². The van der Waals surface area contributed by atoms with E-state index in [1.807, 2.05) is 42.5 Å². The molecule has 0 saturated carbocycles. The standard InChI is InChI=1S/C21H15ClFNO2/c22-19-14-16(23)10-11-18(19)21(25)24-12-3-4-13-26-20-9-5-7-15-6-1-2-8-17(15)20/h1-2,5-11,14H,12-13H2,(H,24,25). The van der Waals surface area contributed by atoms with E-state index in [1.54, 1.807) is 0 Å². The second kappa shape index (κ2) is 8.37. The highest BCUT2D eigenvalue weighted by molar-refractivity contribution is 6.33. The largest absolute Gasteiger partial charge is 0.480 e. The Hall–Kier alpha value is -3.03. The van der Waals surface area contributed by atoms with Gasteiger partial charge < -0.3 is 10.1 Å². The Morgan fingerprint density at radius 2 is 1.88 bits per heavy atom. The maximum atomic E-state index is 13.0. The lowest BCUT2D eigenvalue weighted by Gasteiger charge is -2.06. The third kappa shape index (κ3) is 4.33. The minimum atomic E-state index is -0.489. The zero-order valence-corrected chi connectivity index (χ0v) is 14.5. The normalized spacial score (nSPS) is 10.1. The van der Waals surface area contributed by atoms with E-state index < -0.39 is 11.7 Å². The number of amides is 1. The first-order valence-corrected chi connectivity index (χ1v) is 8.32. The van der Waals surface area contributed by atoms with E-state index in [4.69, 9.17) is 16.3 Å². The fraction of sp³-hybridized carbons (Fsp3) is 0.0952. The predicted molar refractivity (Wildman–Crippen MR) is 101 cm³/mol. The Morgan fingerprint density at radius 3 is 2.73 bits per heavy atom. The molecular weight excluding hydrogens is 353 g/mol. The average molecular weight is 368 g/mol. The van der Waals surface area contributed by atoms with Gasteiger partial charge in [-0.1, -0.05) is 59.8 Å². The van der Waals surface area contributed by atoms with Crippen molar-refractivity contribution in [2.24, 2.45) is 0 Å². The van der Waals surface area contributed by atoms with Crippen molar-refractivity contribution in [1.82, 2.24) is 5.32 Å². The first-order chi connectivity index (χ1) is 12.6. The van der Waals surface area contributed by atoms with Gasteiger partial charge in [-0.3, -0.25) is 4.79 Å². The van der Waals surface area contributed by atoms with Crippen LogP contribution < -0.4 is 10.1 Å². The summed E-state index contributed by atoms with van der Waals surface area (Å²) in [5.74, 6) is 5.53. The molecule has 3 aromatic carbocycles. The molecule has 0 bridgehead atoms. The molecule has 0 aliphatic heterocycles. The average Bonchev–Trinajstić information content (AvgIpc) is 2.64. The van der Waals surface area contributed by atoms with Gasteiger partial charge in [0.15, 0.2) is 0 Å². The number of ether oxygens (including phenoxy) is 1. The molecule has 0 fully saturated rings. The third-order valence-electron chi connectivity index (χ3n) is 3.69. The topological polar surface area (TPSA) is 38.3 Å². The van der Waals surface area contributed by atoms with Crippen LogP contribution in [0, 0.1) is 17.7 Å². The molecule has 0 unspecified atom stereocenters. The summed E-state index contributed by atoms with van der Waals surface area (Å²) in [5, 5.41) is 4.80. The van der Waals surface area contributed by atoms with Crippen molar-refractivity contribution in [2.45, 2.75) is 0 Å². The van der Waals surface area contributed by atoms with Crippen molar-refractivity contribution in [3.8, 4) is 17.6 Å². The van der Waals surface area contributed by atoms with Gasteiger partial charge in [-0.25, -0.2) is 4.39 Å². The van der Waals surface area contributed by atoms with Crippen molar-refractivity contribution >= 4 is 28.3 Å². The number of carbonyl (C=O) groups is 1. The Balaban J connectivity index is 1.52. The van der Waals surface area contributed by atoms with Crippen LogP contribution in [0.25, 0.3) is 10.8 Å². The van der Waals surface area contributed by atoms with E-state index in [9.17, 15) is 9.18 Å². The summed E-state index contributed by atoms with van der Waals surface area (Å²) in [5.41, 5.74) is 0.210. The number of hydrogen-bond donors (Lipinski definition) is 1. The highest BCUT2D eigenvalue weighted by atomic mass is 35.5. The fourth-order valence-electron chi connectivity index (χ4n) is 2.44. The Bertz CT molecular complexity index is 1000. The molecular formula is C21H15ClFNO2. The monoisotopic (exact) mass is 367 g/mol. The van der Waals surface area contributed by atoms with Crippen LogP contribution >= 0.6 is 11.6 Å². The number of carbonyl (C=O) groups excluding carboxylic acids is 1. The van der Waals surface area contributed by atoms with Gasteiger partial charge in [0.05, 0.1) is 17.1 Å². The zero-order chi connectivity index (χ0) is 18.4. The lowest BCUT2D eigenvalue weighted by Crippen LogP contribution is -2.24. The van der Waals surface area contributed by atoms with Crippen molar-refractivity contribution in [1.29, 1.82) is 0 Å².